The van der Waals surface area contributed by atoms with Crippen molar-refractivity contribution in [3.05, 3.63) is 27.9 Å². The number of aromatic nitrogens is 1. The maximum Gasteiger partial charge on any atom is 0.298 e. The molecule has 0 aromatic carbocycles. The van der Waals surface area contributed by atoms with Crippen LogP contribution in [0.5, 0.6) is 0 Å². The molecule has 1 aromatic rings. The van der Waals surface area contributed by atoms with Crippen LogP contribution in [0.1, 0.15) is 12.6 Å². The predicted molar refractivity (Wildman–Crippen MR) is 71.0 cm³/mol. The van der Waals surface area contributed by atoms with Gasteiger partial charge in [0, 0.05) is 12.6 Å². The van der Waals surface area contributed by atoms with E-state index in [0.717, 1.165) is 0 Å². The Hall–Kier alpha value is -2.42. The smallest absolute Gasteiger partial charge is 0.298 e. The van der Waals surface area contributed by atoms with Gasteiger partial charge in [0.1, 0.15) is 5.82 Å². The van der Waals surface area contributed by atoms with Crippen molar-refractivity contribution in [3.8, 4) is 0 Å². The molecule has 0 aliphatic carbocycles. The number of amidine groups is 1. The first-order valence-corrected chi connectivity index (χ1v) is 6.02. The number of rotatable bonds is 3. The number of hydrogen-bond acceptors (Lipinski definition) is 7. The maximum atomic E-state index is 10.9. The van der Waals surface area contributed by atoms with Crippen molar-refractivity contribution >= 4 is 17.3 Å². The van der Waals surface area contributed by atoms with E-state index in [2.05, 4.69) is 10.1 Å². The zero-order valence-corrected chi connectivity index (χ0v) is 10.9. The molecule has 0 spiro atoms. The summed E-state index contributed by atoms with van der Waals surface area (Å²) >= 11 is 0. The first-order valence-electron chi connectivity index (χ1n) is 6.02. The van der Waals surface area contributed by atoms with Gasteiger partial charge in [0.2, 0.25) is 0 Å². The lowest BCUT2D eigenvalue weighted by molar-refractivity contribution is -0.385. The van der Waals surface area contributed by atoms with Gasteiger partial charge in [-0.2, -0.15) is 0 Å². The van der Waals surface area contributed by atoms with Gasteiger partial charge in [-0.05, 0) is 13.0 Å². The molecule has 20 heavy (non-hydrogen) atoms. The van der Waals surface area contributed by atoms with E-state index in [1.807, 2.05) is 11.8 Å². The third-order valence-corrected chi connectivity index (χ3v) is 3.07. The minimum Gasteiger partial charge on any atom is -0.409 e. The van der Waals surface area contributed by atoms with Crippen molar-refractivity contribution < 1.29 is 14.9 Å². The van der Waals surface area contributed by atoms with Gasteiger partial charge in [0.15, 0.2) is 11.5 Å². The van der Waals surface area contributed by atoms with Crippen LogP contribution in [0.4, 0.5) is 11.5 Å². The molecule has 9 nitrogen and oxygen atoms in total. The Kier molecular flexibility index (Phi) is 3.99. The molecule has 1 saturated heterocycles. The number of nitrogens with zero attached hydrogens (tertiary/aromatic N) is 4. The molecule has 2 heterocycles. The van der Waals surface area contributed by atoms with E-state index >= 15 is 0 Å². The Morgan fingerprint density at radius 3 is 3.05 bits per heavy atom. The first-order chi connectivity index (χ1) is 9.54. The van der Waals surface area contributed by atoms with Crippen LogP contribution >= 0.6 is 0 Å². The molecule has 2 rings (SSSR count). The number of nitrogens with two attached hydrogens (primary N) is 1. The molecule has 1 fully saturated rings. The maximum absolute atomic E-state index is 10.9. The van der Waals surface area contributed by atoms with Crippen molar-refractivity contribution in [1.82, 2.24) is 4.98 Å². The quantitative estimate of drug-likeness (QED) is 0.268. The van der Waals surface area contributed by atoms with Crippen molar-refractivity contribution in [2.24, 2.45) is 10.9 Å². The zero-order valence-electron chi connectivity index (χ0n) is 10.9. The van der Waals surface area contributed by atoms with E-state index in [1.165, 1.54) is 6.07 Å². The van der Waals surface area contributed by atoms with Crippen LogP contribution in [0.25, 0.3) is 0 Å². The standard InChI is InChI=1S/C11H15N5O4/c1-7-6-20-5-4-15(7)9-3-2-8(16(18)19)10(13-9)11(12)14-17/h2-3,7,17H,4-6H2,1H3,(H2,12,14). The molecule has 1 unspecified atom stereocenters. The summed E-state index contributed by atoms with van der Waals surface area (Å²) < 4.78 is 5.33. The van der Waals surface area contributed by atoms with Crippen LogP contribution in [0.3, 0.4) is 0 Å². The zero-order chi connectivity index (χ0) is 14.7. The van der Waals surface area contributed by atoms with Gasteiger partial charge in [0.25, 0.3) is 5.69 Å². The highest BCUT2D eigenvalue weighted by atomic mass is 16.6. The number of hydrogen-bond donors (Lipinski definition) is 2. The van der Waals surface area contributed by atoms with Crippen molar-refractivity contribution in [3.63, 3.8) is 0 Å². The summed E-state index contributed by atoms with van der Waals surface area (Å²) in [6.45, 7) is 3.70. The lowest BCUT2D eigenvalue weighted by Gasteiger charge is -2.34. The summed E-state index contributed by atoms with van der Waals surface area (Å²) in [5.74, 6) is 0.146. The summed E-state index contributed by atoms with van der Waals surface area (Å²) in [6, 6.07) is 2.95. The molecule has 9 heteroatoms. The van der Waals surface area contributed by atoms with Crippen molar-refractivity contribution in [2.45, 2.75) is 13.0 Å². The van der Waals surface area contributed by atoms with Crippen molar-refractivity contribution in [2.75, 3.05) is 24.7 Å². The number of nitro groups is 1. The van der Waals surface area contributed by atoms with E-state index < -0.39 is 4.92 Å². The van der Waals surface area contributed by atoms with Crippen LogP contribution in [-0.2, 0) is 4.74 Å². The third-order valence-electron chi connectivity index (χ3n) is 3.07. The van der Waals surface area contributed by atoms with E-state index in [1.54, 1.807) is 6.07 Å². The van der Waals surface area contributed by atoms with Gasteiger partial charge >= 0.3 is 0 Å². The molecule has 0 radical (unpaired) electrons. The minimum atomic E-state index is -0.618. The summed E-state index contributed by atoms with van der Waals surface area (Å²) in [7, 11) is 0. The second kappa shape index (κ2) is 5.70. The molecule has 3 N–H and O–H groups in total. The predicted octanol–water partition coefficient (Wildman–Crippen LogP) is 0.309. The molecular weight excluding hydrogens is 266 g/mol. The number of anilines is 1. The van der Waals surface area contributed by atoms with Crippen LogP contribution in [0.15, 0.2) is 17.3 Å². The Morgan fingerprint density at radius 2 is 2.45 bits per heavy atom. The van der Waals surface area contributed by atoms with E-state index in [9.17, 15) is 10.1 Å². The highest BCUT2D eigenvalue weighted by molar-refractivity contribution is 5.99. The average molecular weight is 281 g/mol. The largest absolute Gasteiger partial charge is 0.409 e. The topological polar surface area (TPSA) is 127 Å². The Morgan fingerprint density at radius 1 is 1.70 bits per heavy atom. The summed E-state index contributed by atoms with van der Waals surface area (Å²) in [6.07, 6.45) is 0. The van der Waals surface area contributed by atoms with Gasteiger partial charge in [0.05, 0.1) is 24.2 Å². The fourth-order valence-corrected chi connectivity index (χ4v) is 2.05. The molecular formula is C11H15N5O4. The molecule has 1 aliphatic rings. The van der Waals surface area contributed by atoms with Gasteiger partial charge in [-0.25, -0.2) is 4.98 Å². The number of ether oxygens (including phenoxy) is 1. The number of oxime groups is 1. The number of pyridine rings is 1. The Bertz CT molecular complexity index is 548. The summed E-state index contributed by atoms with van der Waals surface area (Å²) in [5, 5.41) is 22.4. The summed E-state index contributed by atoms with van der Waals surface area (Å²) in [5.41, 5.74) is 5.01. The summed E-state index contributed by atoms with van der Waals surface area (Å²) in [4.78, 5) is 16.4. The lowest BCUT2D eigenvalue weighted by atomic mass is 10.2. The molecule has 1 atom stereocenters. The number of morpholine rings is 1. The molecule has 0 saturated carbocycles. The van der Waals surface area contributed by atoms with E-state index in [4.69, 9.17) is 15.7 Å². The molecule has 0 bridgehead atoms. The van der Waals surface area contributed by atoms with Gasteiger partial charge in [-0.15, -0.1) is 0 Å². The monoisotopic (exact) mass is 281 g/mol. The average Bonchev–Trinajstić information content (AvgIpc) is 2.46. The van der Waals surface area contributed by atoms with Crippen molar-refractivity contribution in [1.29, 1.82) is 0 Å². The third kappa shape index (κ3) is 2.62. The highest BCUT2D eigenvalue weighted by Gasteiger charge is 2.25. The van der Waals surface area contributed by atoms with Crippen LogP contribution in [-0.4, -0.2) is 46.8 Å². The SMILES string of the molecule is CC1COCCN1c1ccc([N+](=O)[O-])c(/C(N)=N/O)n1. The highest BCUT2D eigenvalue weighted by Crippen LogP contribution is 2.23. The fourth-order valence-electron chi connectivity index (χ4n) is 2.05. The molecule has 0 amide bonds. The second-order valence-electron chi connectivity index (χ2n) is 4.40. The van der Waals surface area contributed by atoms with E-state index in [0.29, 0.717) is 25.6 Å². The first kappa shape index (κ1) is 14.0. The molecule has 1 aromatic heterocycles. The van der Waals surface area contributed by atoms with Gasteiger partial charge < -0.3 is 20.6 Å². The lowest BCUT2D eigenvalue weighted by Crippen LogP contribution is -2.44. The molecule has 1 aliphatic heterocycles. The van der Waals surface area contributed by atoms with Crippen LogP contribution in [0, 0.1) is 10.1 Å². The Balaban J connectivity index is 2.43. The van der Waals surface area contributed by atoms with Gasteiger partial charge in [-0.1, -0.05) is 5.16 Å². The van der Waals surface area contributed by atoms with E-state index in [-0.39, 0.29) is 23.3 Å². The second-order valence-corrected chi connectivity index (χ2v) is 4.40. The Labute approximate surface area is 114 Å². The normalized spacial score (nSPS) is 19.9. The van der Waals surface area contributed by atoms with Crippen LogP contribution in [0.2, 0.25) is 0 Å². The van der Waals surface area contributed by atoms with Gasteiger partial charge in [-0.3, -0.25) is 10.1 Å². The van der Waals surface area contributed by atoms with Crippen LogP contribution < -0.4 is 10.6 Å². The minimum absolute atomic E-state index is 0.0952. The fraction of sp³-hybridized carbons (Fsp3) is 0.455. The molecule has 108 valence electrons.